The first-order valence-corrected chi connectivity index (χ1v) is 4.29. The first-order valence-electron chi connectivity index (χ1n) is 4.29. The van der Waals surface area contributed by atoms with Crippen LogP contribution in [-0.2, 0) is 17.1 Å². The van der Waals surface area contributed by atoms with E-state index in [4.69, 9.17) is 0 Å². The summed E-state index contributed by atoms with van der Waals surface area (Å²) in [5.74, 6) is 1.92. The van der Waals surface area contributed by atoms with Crippen molar-refractivity contribution in [2.24, 2.45) is 17.3 Å². The van der Waals surface area contributed by atoms with Crippen LogP contribution in [0.4, 0.5) is 0 Å². The molecular formula is C10H16Mn. The van der Waals surface area contributed by atoms with Crippen molar-refractivity contribution in [3.8, 4) is 0 Å². The third kappa shape index (κ3) is 1.10. The van der Waals surface area contributed by atoms with Gasteiger partial charge in [-0.1, -0.05) is 25.5 Å². The fourth-order valence-electron chi connectivity index (χ4n) is 2.66. The molecule has 0 aromatic rings. The van der Waals surface area contributed by atoms with Crippen LogP contribution in [0.5, 0.6) is 0 Å². The summed E-state index contributed by atoms with van der Waals surface area (Å²) in [6.07, 6.45) is 5.24. The van der Waals surface area contributed by atoms with Gasteiger partial charge in [0.2, 0.25) is 0 Å². The molecule has 0 heterocycles. The molecule has 3 aliphatic carbocycles. The Morgan fingerprint density at radius 3 is 2.36 bits per heavy atom. The van der Waals surface area contributed by atoms with Crippen LogP contribution in [0.25, 0.3) is 0 Å². The topological polar surface area (TPSA) is 0 Å². The van der Waals surface area contributed by atoms with Crippen molar-refractivity contribution in [1.82, 2.24) is 0 Å². The van der Waals surface area contributed by atoms with E-state index in [1.165, 1.54) is 12.8 Å². The van der Waals surface area contributed by atoms with E-state index >= 15 is 0 Å². The summed E-state index contributed by atoms with van der Waals surface area (Å²) < 4.78 is 0. The van der Waals surface area contributed by atoms with Gasteiger partial charge >= 0.3 is 0 Å². The van der Waals surface area contributed by atoms with E-state index in [1.807, 2.05) is 0 Å². The summed E-state index contributed by atoms with van der Waals surface area (Å²) in [6, 6.07) is 0. The minimum atomic E-state index is 0. The van der Waals surface area contributed by atoms with Gasteiger partial charge in [-0.2, -0.15) is 0 Å². The maximum absolute atomic E-state index is 2.43. The van der Waals surface area contributed by atoms with Crippen LogP contribution in [0, 0.1) is 17.3 Å². The molecule has 0 saturated heterocycles. The minimum Gasteiger partial charge on any atom is -0.0850 e. The van der Waals surface area contributed by atoms with Gasteiger partial charge in [0.1, 0.15) is 0 Å². The largest absolute Gasteiger partial charge is 0.0850 e. The van der Waals surface area contributed by atoms with Crippen LogP contribution in [0.3, 0.4) is 0 Å². The third-order valence-electron chi connectivity index (χ3n) is 3.74. The second-order valence-corrected chi connectivity index (χ2v) is 4.49. The molecule has 1 saturated carbocycles. The molecule has 1 radical (unpaired) electrons. The Morgan fingerprint density at radius 2 is 2.09 bits per heavy atom. The molecule has 63 valence electrons. The summed E-state index contributed by atoms with van der Waals surface area (Å²) in [5.41, 5.74) is 2.28. The molecule has 0 aromatic carbocycles. The molecule has 2 unspecified atom stereocenters. The molecule has 0 nitrogen and oxygen atoms in total. The van der Waals surface area contributed by atoms with Crippen molar-refractivity contribution in [3.63, 3.8) is 0 Å². The van der Waals surface area contributed by atoms with E-state index in [0.717, 1.165) is 11.8 Å². The fraction of sp³-hybridized carbons (Fsp3) is 0.800. The van der Waals surface area contributed by atoms with E-state index in [9.17, 15) is 0 Å². The standard InChI is InChI=1S/C10H16.Mn/c1-7-4-5-8-6-9(7)10(8,2)3;/h4,8-9H,5-6H2,1-3H3;. The number of fused-ring (bicyclic) bond motifs is 1. The van der Waals surface area contributed by atoms with Crippen molar-refractivity contribution in [2.75, 3.05) is 0 Å². The molecule has 1 fully saturated rings. The van der Waals surface area contributed by atoms with Crippen molar-refractivity contribution in [1.29, 1.82) is 0 Å². The predicted octanol–water partition coefficient (Wildman–Crippen LogP) is 3.00. The van der Waals surface area contributed by atoms with E-state index in [-0.39, 0.29) is 17.1 Å². The Hall–Kier alpha value is 0.259. The maximum Gasteiger partial charge on any atom is 0 e. The van der Waals surface area contributed by atoms with Gasteiger partial charge in [0.15, 0.2) is 0 Å². The van der Waals surface area contributed by atoms with Gasteiger partial charge in [0.05, 0.1) is 0 Å². The first-order chi connectivity index (χ1) is 4.62. The molecule has 0 amide bonds. The monoisotopic (exact) mass is 191 g/mol. The quantitative estimate of drug-likeness (QED) is 0.408. The van der Waals surface area contributed by atoms with E-state index < -0.39 is 0 Å². The Morgan fingerprint density at radius 1 is 1.45 bits per heavy atom. The van der Waals surface area contributed by atoms with E-state index in [0.29, 0.717) is 5.41 Å². The Balaban J connectivity index is 0.000000605. The average molecular weight is 191 g/mol. The molecule has 3 rings (SSSR count). The summed E-state index contributed by atoms with van der Waals surface area (Å²) in [7, 11) is 0. The number of hydrogen-bond acceptors (Lipinski definition) is 0. The molecule has 3 aliphatic rings. The van der Waals surface area contributed by atoms with Crippen LogP contribution in [-0.4, -0.2) is 0 Å². The zero-order valence-electron chi connectivity index (χ0n) is 7.52. The first kappa shape index (κ1) is 9.35. The van der Waals surface area contributed by atoms with Crippen LogP contribution < -0.4 is 0 Å². The average Bonchev–Trinajstić information content (AvgIpc) is 1.87. The molecule has 0 aliphatic heterocycles. The van der Waals surface area contributed by atoms with Crippen molar-refractivity contribution < 1.29 is 17.1 Å². The second-order valence-electron chi connectivity index (χ2n) is 4.49. The summed E-state index contributed by atoms with van der Waals surface area (Å²) in [5, 5.41) is 0. The summed E-state index contributed by atoms with van der Waals surface area (Å²) >= 11 is 0. The van der Waals surface area contributed by atoms with Crippen LogP contribution in [0.15, 0.2) is 11.6 Å². The minimum absolute atomic E-state index is 0. The van der Waals surface area contributed by atoms with E-state index in [1.54, 1.807) is 5.57 Å². The number of hydrogen-bond donors (Lipinski definition) is 0. The van der Waals surface area contributed by atoms with Crippen molar-refractivity contribution in [3.05, 3.63) is 11.6 Å². The van der Waals surface area contributed by atoms with Crippen molar-refractivity contribution in [2.45, 2.75) is 33.6 Å². The van der Waals surface area contributed by atoms with Crippen LogP contribution in [0.1, 0.15) is 33.6 Å². The number of allylic oxidation sites excluding steroid dienone is 2. The maximum atomic E-state index is 2.43. The molecule has 2 atom stereocenters. The van der Waals surface area contributed by atoms with Crippen LogP contribution in [0.2, 0.25) is 0 Å². The summed E-state index contributed by atoms with van der Waals surface area (Å²) in [4.78, 5) is 0. The fourth-order valence-corrected chi connectivity index (χ4v) is 2.66. The normalized spacial score (nSPS) is 38.3. The van der Waals surface area contributed by atoms with Gasteiger partial charge in [0, 0.05) is 17.1 Å². The third-order valence-corrected chi connectivity index (χ3v) is 3.74. The zero-order valence-corrected chi connectivity index (χ0v) is 8.70. The van der Waals surface area contributed by atoms with E-state index in [2.05, 4.69) is 26.8 Å². The predicted molar refractivity (Wildman–Crippen MR) is 43.8 cm³/mol. The van der Waals surface area contributed by atoms with Crippen LogP contribution >= 0.6 is 0 Å². The summed E-state index contributed by atoms with van der Waals surface area (Å²) in [6.45, 7) is 7.13. The number of rotatable bonds is 0. The van der Waals surface area contributed by atoms with Gasteiger partial charge in [0.25, 0.3) is 0 Å². The molecule has 0 N–H and O–H groups in total. The van der Waals surface area contributed by atoms with Gasteiger partial charge in [-0.25, -0.2) is 0 Å². The molecule has 2 bridgehead atoms. The van der Waals surface area contributed by atoms with Gasteiger partial charge in [-0.15, -0.1) is 0 Å². The SMILES string of the molecule is CC1=CCC2CC1C2(C)C.[Mn]. The zero-order chi connectivity index (χ0) is 7.35. The van der Waals surface area contributed by atoms with Gasteiger partial charge < -0.3 is 0 Å². The second kappa shape index (κ2) is 2.64. The van der Waals surface area contributed by atoms with Gasteiger partial charge in [-0.05, 0) is 37.0 Å². The Labute approximate surface area is 79.9 Å². The molecular weight excluding hydrogens is 175 g/mol. The molecule has 1 heteroatoms. The van der Waals surface area contributed by atoms with Crippen molar-refractivity contribution >= 4 is 0 Å². The Bertz CT molecular complexity index is 191. The molecule has 0 aromatic heterocycles. The Kier molecular flexibility index (Phi) is 2.24. The molecule has 0 spiro atoms. The van der Waals surface area contributed by atoms with Gasteiger partial charge in [-0.3, -0.25) is 0 Å². The molecule has 11 heavy (non-hydrogen) atoms. The smallest absolute Gasteiger partial charge is 0 e.